The molecule has 0 atom stereocenters. The molecule has 0 saturated heterocycles. The molecule has 16 heteroatoms. The quantitative estimate of drug-likeness (QED) is 0.662. The van der Waals surface area contributed by atoms with Gasteiger partial charge in [0.25, 0.3) is 23.6 Å². The second-order valence-electron chi connectivity index (χ2n) is 3.04. The van der Waals surface area contributed by atoms with Crippen LogP contribution in [0.3, 0.4) is 0 Å². The molecular formula is C4H3F7O6S3. The van der Waals surface area contributed by atoms with Gasteiger partial charge in [-0.2, -0.15) is 26.3 Å². The fraction of sp³-hybridized carbons (Fsp3) is 1.00. The fourth-order valence-corrected chi connectivity index (χ4v) is 7.40. The van der Waals surface area contributed by atoms with Crippen LogP contribution in [-0.2, 0) is 29.5 Å². The highest BCUT2D eigenvalue weighted by molar-refractivity contribution is 8.24. The van der Waals surface area contributed by atoms with E-state index in [1.165, 1.54) is 0 Å². The molecule has 0 aliphatic rings. The normalized spacial score (nSPS) is 15.6. The molecule has 0 spiro atoms. The minimum atomic E-state index is -7.39. The first-order valence-electron chi connectivity index (χ1n) is 3.81. The van der Waals surface area contributed by atoms with Crippen LogP contribution in [0, 0.1) is 0 Å². The summed E-state index contributed by atoms with van der Waals surface area (Å²) in [5.41, 5.74) is -13.3. The van der Waals surface area contributed by atoms with Gasteiger partial charge >= 0.3 is 11.0 Å². The summed E-state index contributed by atoms with van der Waals surface area (Å²) < 4.78 is 144. The van der Waals surface area contributed by atoms with Gasteiger partial charge in [0, 0.05) is 0 Å². The molecule has 6 nitrogen and oxygen atoms in total. The molecule has 0 saturated carbocycles. The van der Waals surface area contributed by atoms with Crippen molar-refractivity contribution in [3.63, 3.8) is 0 Å². The van der Waals surface area contributed by atoms with Gasteiger partial charge in [0.2, 0.25) is 9.84 Å². The van der Waals surface area contributed by atoms with Gasteiger partial charge in [-0.15, -0.1) is 0 Å². The lowest BCUT2D eigenvalue weighted by Crippen LogP contribution is -2.49. The lowest BCUT2D eigenvalue weighted by atomic mass is 11.5. The smallest absolute Gasteiger partial charge is 0.234 e. The van der Waals surface area contributed by atoms with E-state index in [0.29, 0.717) is 0 Å². The van der Waals surface area contributed by atoms with Gasteiger partial charge in [-0.1, -0.05) is 0 Å². The van der Waals surface area contributed by atoms with Crippen molar-refractivity contribution in [1.82, 2.24) is 0 Å². The van der Waals surface area contributed by atoms with E-state index in [2.05, 4.69) is 0 Å². The SMILES string of the molecule is O=S(=O)(CF)C(S(=O)(=O)C(F)(F)F)S(=O)(=O)C(F)(F)F. The summed E-state index contributed by atoms with van der Waals surface area (Å²) in [5, 5.41) is 0. The van der Waals surface area contributed by atoms with Gasteiger partial charge in [-0.05, 0) is 0 Å². The Morgan fingerprint density at radius 2 is 0.950 bits per heavy atom. The van der Waals surface area contributed by atoms with E-state index in [1.54, 1.807) is 0 Å². The van der Waals surface area contributed by atoms with Crippen LogP contribution in [0.1, 0.15) is 0 Å². The third-order valence-electron chi connectivity index (χ3n) is 1.60. The van der Waals surface area contributed by atoms with E-state index in [4.69, 9.17) is 0 Å². The topological polar surface area (TPSA) is 102 Å². The summed E-state index contributed by atoms with van der Waals surface area (Å²) in [7, 11) is -21.2. The Hall–Kier alpha value is -0.640. The Balaban J connectivity index is 6.69. The van der Waals surface area contributed by atoms with Crippen LogP contribution in [0.5, 0.6) is 0 Å². The predicted octanol–water partition coefficient (Wildman–Crippen LogP) is 0.481. The molecular weight excluding hydrogens is 373 g/mol. The zero-order valence-electron chi connectivity index (χ0n) is 8.60. The van der Waals surface area contributed by atoms with Crippen LogP contribution in [-0.4, -0.2) is 46.2 Å². The molecule has 0 aromatic rings. The molecule has 0 aromatic heterocycles. The van der Waals surface area contributed by atoms with Crippen molar-refractivity contribution >= 4 is 29.5 Å². The van der Waals surface area contributed by atoms with Crippen molar-refractivity contribution in [3.8, 4) is 0 Å². The molecule has 0 unspecified atom stereocenters. The molecule has 122 valence electrons. The van der Waals surface area contributed by atoms with E-state index < -0.39 is 50.4 Å². The van der Waals surface area contributed by atoms with Crippen LogP contribution in [0.4, 0.5) is 30.7 Å². The minimum Gasteiger partial charge on any atom is -0.234 e. The first-order chi connectivity index (χ1) is 8.43. The van der Waals surface area contributed by atoms with Crippen LogP contribution < -0.4 is 0 Å². The summed E-state index contributed by atoms with van der Waals surface area (Å²) in [6, 6.07) is -3.05. The van der Waals surface area contributed by atoms with Gasteiger partial charge in [0.1, 0.15) is 0 Å². The standard InChI is InChI=1S/C4H3F7O6S3/c5-1-18(12,13)2(19(14,15)3(6,7)8)20(16,17)4(9,10)11/h2H,1H2. The number of rotatable bonds is 4. The molecule has 0 bridgehead atoms. The predicted molar refractivity (Wildman–Crippen MR) is 48.6 cm³/mol. The molecule has 0 aliphatic carbocycles. The highest BCUT2D eigenvalue weighted by Gasteiger charge is 2.67. The highest BCUT2D eigenvalue weighted by atomic mass is 32.3. The highest BCUT2D eigenvalue weighted by Crippen LogP contribution is 2.38. The van der Waals surface area contributed by atoms with E-state index in [9.17, 15) is 56.0 Å². The first-order valence-corrected chi connectivity index (χ1v) is 8.61. The molecule has 0 amide bonds. The van der Waals surface area contributed by atoms with Gasteiger partial charge in [0.15, 0.2) is 6.01 Å². The molecule has 20 heavy (non-hydrogen) atoms. The summed E-state index contributed by atoms with van der Waals surface area (Å²) >= 11 is 0. The Morgan fingerprint density at radius 3 is 1.10 bits per heavy atom. The van der Waals surface area contributed by atoms with Crippen molar-refractivity contribution < 1.29 is 56.0 Å². The molecule has 0 rings (SSSR count). The summed E-state index contributed by atoms with van der Waals surface area (Å²) in [4.78, 5) is 0. The van der Waals surface area contributed by atoms with Gasteiger partial charge in [-0.25, -0.2) is 29.6 Å². The van der Waals surface area contributed by atoms with Crippen LogP contribution in [0.15, 0.2) is 0 Å². The maximum absolute atomic E-state index is 12.1. The van der Waals surface area contributed by atoms with Crippen LogP contribution in [0.25, 0.3) is 0 Å². The first kappa shape index (κ1) is 19.4. The van der Waals surface area contributed by atoms with E-state index >= 15 is 0 Å². The average molecular weight is 376 g/mol. The van der Waals surface area contributed by atoms with Crippen molar-refractivity contribution in [3.05, 3.63) is 0 Å². The van der Waals surface area contributed by atoms with Crippen LogP contribution >= 0.6 is 0 Å². The Labute approximate surface area is 107 Å². The summed E-state index contributed by atoms with van der Waals surface area (Å²) in [6.07, 6.45) is 0. The molecule has 0 N–H and O–H groups in total. The zero-order valence-corrected chi connectivity index (χ0v) is 11.1. The molecule has 0 fully saturated rings. The maximum Gasteiger partial charge on any atom is 0.499 e. The third kappa shape index (κ3) is 3.16. The van der Waals surface area contributed by atoms with Gasteiger partial charge < -0.3 is 0 Å². The Morgan fingerprint density at radius 1 is 0.700 bits per heavy atom. The van der Waals surface area contributed by atoms with E-state index in [-0.39, 0.29) is 0 Å². The van der Waals surface area contributed by atoms with Crippen molar-refractivity contribution in [2.75, 3.05) is 6.01 Å². The van der Waals surface area contributed by atoms with Crippen LogP contribution in [0.2, 0.25) is 0 Å². The zero-order chi connectivity index (χ0) is 16.8. The minimum absolute atomic E-state index is 3.05. The Bertz CT molecular complexity index is 621. The molecule has 0 radical (unpaired) electrons. The lowest BCUT2D eigenvalue weighted by molar-refractivity contribution is -0.0462. The maximum atomic E-state index is 12.1. The summed E-state index contributed by atoms with van der Waals surface area (Å²) in [6.45, 7) is 0. The number of halogens is 7. The molecule has 0 aliphatic heterocycles. The monoisotopic (exact) mass is 376 g/mol. The third-order valence-corrected chi connectivity index (χ3v) is 9.59. The number of sulfone groups is 3. The average Bonchev–Trinajstić information content (AvgIpc) is 2.12. The lowest BCUT2D eigenvalue weighted by Gasteiger charge is -2.19. The largest absolute Gasteiger partial charge is 0.499 e. The van der Waals surface area contributed by atoms with Crippen molar-refractivity contribution in [2.24, 2.45) is 0 Å². The number of hydrogen-bond acceptors (Lipinski definition) is 6. The second kappa shape index (κ2) is 4.97. The second-order valence-corrected chi connectivity index (χ2v) is 10.0. The fourth-order valence-electron chi connectivity index (χ4n) is 0.822. The molecule has 0 aromatic carbocycles. The molecule has 0 heterocycles. The summed E-state index contributed by atoms with van der Waals surface area (Å²) in [5.74, 6) is 0. The Kier molecular flexibility index (Phi) is 4.81. The van der Waals surface area contributed by atoms with Crippen molar-refractivity contribution in [1.29, 1.82) is 0 Å². The van der Waals surface area contributed by atoms with E-state index in [1.807, 2.05) is 0 Å². The van der Waals surface area contributed by atoms with Gasteiger partial charge in [-0.3, -0.25) is 0 Å². The number of hydrogen-bond donors (Lipinski definition) is 0. The van der Waals surface area contributed by atoms with E-state index in [0.717, 1.165) is 0 Å². The van der Waals surface area contributed by atoms with Crippen molar-refractivity contribution in [2.45, 2.75) is 14.9 Å². The number of alkyl halides is 7. The van der Waals surface area contributed by atoms with Gasteiger partial charge in [0.05, 0.1) is 0 Å².